The number of amides is 1. The van der Waals surface area contributed by atoms with Crippen LogP contribution in [-0.2, 0) is 4.74 Å². The molecule has 9 nitrogen and oxygen atoms in total. The van der Waals surface area contributed by atoms with Crippen LogP contribution in [0.4, 0.5) is 25.7 Å². The molecule has 3 fully saturated rings. The Morgan fingerprint density at radius 1 is 1.16 bits per heavy atom. The standard InChI is InChI=1S/C32H34FN7O2S/c1-19-12-23(38-15-32(16-38)17-39(18-32)30(41)42-31(2,3)4)13-24-28(27(21-6-7-21)36-40(19)24)37(5)29-35-26(25(14-34)43-29)20-8-10-22(33)11-9-20/h8-13,21H,6-7,15-18H2,1-5H3. The quantitative estimate of drug-likeness (QED) is 0.259. The molecule has 43 heavy (non-hydrogen) atoms. The molecule has 2 aliphatic heterocycles. The molecule has 1 spiro atoms. The number of nitrogens with zero attached hydrogens (tertiary/aromatic N) is 7. The van der Waals surface area contributed by atoms with Gasteiger partial charge >= 0.3 is 6.09 Å². The molecule has 0 radical (unpaired) electrons. The van der Waals surface area contributed by atoms with Crippen LogP contribution in [0.2, 0.25) is 0 Å². The fraction of sp³-hybridized carbons (Fsp3) is 0.438. The summed E-state index contributed by atoms with van der Waals surface area (Å²) in [5.41, 5.74) is 6.12. The number of carbonyl (C=O) groups is 1. The molecule has 7 rings (SSSR count). The molecular formula is C32H34FN7O2S. The summed E-state index contributed by atoms with van der Waals surface area (Å²) in [5, 5.41) is 15.6. The molecule has 0 atom stereocenters. The molecule has 11 heteroatoms. The maximum Gasteiger partial charge on any atom is 0.410 e. The minimum absolute atomic E-state index is 0.112. The van der Waals surface area contributed by atoms with E-state index in [0.29, 0.717) is 40.3 Å². The van der Waals surface area contributed by atoms with Crippen molar-refractivity contribution in [2.45, 2.75) is 52.1 Å². The van der Waals surface area contributed by atoms with Crippen LogP contribution in [0.3, 0.4) is 0 Å². The number of anilines is 3. The van der Waals surface area contributed by atoms with Crippen LogP contribution in [-0.4, -0.2) is 64.4 Å². The first-order chi connectivity index (χ1) is 20.4. The first-order valence-electron chi connectivity index (χ1n) is 14.6. The van der Waals surface area contributed by atoms with E-state index in [1.807, 2.05) is 32.3 Å². The van der Waals surface area contributed by atoms with Crippen molar-refractivity contribution in [3.05, 3.63) is 58.5 Å². The highest BCUT2D eigenvalue weighted by atomic mass is 32.1. The summed E-state index contributed by atoms with van der Waals surface area (Å²) in [6, 6.07) is 12.8. The Kier molecular flexibility index (Phi) is 6.22. The maximum atomic E-state index is 13.6. The smallest absolute Gasteiger partial charge is 0.410 e. The molecule has 1 aliphatic carbocycles. The number of carbonyl (C=O) groups excluding carboxylic acids is 1. The highest BCUT2D eigenvalue weighted by molar-refractivity contribution is 7.16. The van der Waals surface area contributed by atoms with Gasteiger partial charge in [-0.3, -0.25) is 0 Å². The van der Waals surface area contributed by atoms with Crippen molar-refractivity contribution in [3.63, 3.8) is 0 Å². The summed E-state index contributed by atoms with van der Waals surface area (Å²) < 4.78 is 21.1. The van der Waals surface area contributed by atoms with Gasteiger partial charge in [-0.05, 0) is 76.9 Å². The van der Waals surface area contributed by atoms with Crippen molar-refractivity contribution in [3.8, 4) is 17.3 Å². The number of hydrogen-bond donors (Lipinski definition) is 0. The Labute approximate surface area is 254 Å². The molecule has 1 amide bonds. The normalized spacial score (nSPS) is 17.5. The summed E-state index contributed by atoms with van der Waals surface area (Å²) in [6.45, 7) is 11.0. The summed E-state index contributed by atoms with van der Waals surface area (Å²) in [6.07, 6.45) is 1.96. The first kappa shape index (κ1) is 27.7. The van der Waals surface area contributed by atoms with Gasteiger partial charge in [0.15, 0.2) is 5.13 Å². The van der Waals surface area contributed by atoms with Crippen molar-refractivity contribution >= 4 is 39.5 Å². The average Bonchev–Trinajstić information content (AvgIpc) is 3.53. The minimum atomic E-state index is -0.495. The van der Waals surface area contributed by atoms with Crippen molar-refractivity contribution in [1.29, 1.82) is 5.26 Å². The van der Waals surface area contributed by atoms with Crippen LogP contribution in [0, 0.1) is 29.5 Å². The van der Waals surface area contributed by atoms with E-state index in [4.69, 9.17) is 14.8 Å². The number of nitriles is 1. The zero-order valence-electron chi connectivity index (χ0n) is 25.0. The van der Waals surface area contributed by atoms with Crippen LogP contribution in [0.25, 0.3) is 16.8 Å². The molecule has 1 aromatic carbocycles. The second kappa shape index (κ2) is 9.67. The van der Waals surface area contributed by atoms with Crippen molar-refractivity contribution in [2.75, 3.05) is 43.0 Å². The van der Waals surface area contributed by atoms with Gasteiger partial charge in [0, 0.05) is 61.5 Å². The number of fused-ring (bicyclic) bond motifs is 1. The van der Waals surface area contributed by atoms with E-state index >= 15 is 0 Å². The SMILES string of the molecule is Cc1cc(N2CC3(CN(C(=O)OC(C)(C)C)C3)C2)cc2c(N(C)c3nc(-c4ccc(F)cc4)c(C#N)s3)c(C3CC3)nn12. The lowest BCUT2D eigenvalue weighted by atomic mass is 9.73. The number of ether oxygens (including phenoxy) is 1. The second-order valence-corrected chi connectivity index (χ2v) is 14.2. The molecule has 3 aromatic heterocycles. The molecule has 5 heterocycles. The van der Waals surface area contributed by atoms with Gasteiger partial charge in [-0.15, -0.1) is 0 Å². The lowest BCUT2D eigenvalue weighted by molar-refractivity contribution is -0.0452. The van der Waals surface area contributed by atoms with Crippen LogP contribution in [0.15, 0.2) is 36.4 Å². The fourth-order valence-electron chi connectivity index (χ4n) is 6.25. The lowest BCUT2D eigenvalue weighted by Crippen LogP contribution is -2.73. The van der Waals surface area contributed by atoms with E-state index in [0.717, 1.165) is 54.2 Å². The number of likely N-dealkylation sites (tertiary alicyclic amines) is 1. The Morgan fingerprint density at radius 2 is 1.86 bits per heavy atom. The third-order valence-corrected chi connectivity index (χ3v) is 9.48. The molecular weight excluding hydrogens is 565 g/mol. The molecule has 2 saturated heterocycles. The Bertz CT molecular complexity index is 1780. The zero-order valence-corrected chi connectivity index (χ0v) is 25.8. The summed E-state index contributed by atoms with van der Waals surface area (Å²) in [5.74, 6) is 0.0699. The molecule has 222 valence electrons. The highest BCUT2D eigenvalue weighted by Gasteiger charge is 2.54. The zero-order chi connectivity index (χ0) is 30.3. The Hall–Kier alpha value is -4.17. The summed E-state index contributed by atoms with van der Waals surface area (Å²) >= 11 is 1.33. The third-order valence-electron chi connectivity index (χ3n) is 8.44. The highest BCUT2D eigenvalue weighted by Crippen LogP contribution is 2.49. The second-order valence-electron chi connectivity index (χ2n) is 13.2. The summed E-state index contributed by atoms with van der Waals surface area (Å²) in [7, 11) is 1.98. The van der Waals surface area contributed by atoms with Crippen LogP contribution >= 0.6 is 11.3 Å². The van der Waals surface area contributed by atoms with Gasteiger partial charge in [-0.1, -0.05) is 11.3 Å². The average molecular weight is 600 g/mol. The number of halogens is 1. The predicted octanol–water partition coefficient (Wildman–Crippen LogP) is 6.48. The number of hydrogen-bond acceptors (Lipinski definition) is 8. The van der Waals surface area contributed by atoms with Crippen molar-refractivity contribution < 1.29 is 13.9 Å². The predicted molar refractivity (Wildman–Crippen MR) is 165 cm³/mol. The topological polar surface area (TPSA) is 90.0 Å². The van der Waals surface area contributed by atoms with Crippen LogP contribution in [0.1, 0.15) is 55.8 Å². The van der Waals surface area contributed by atoms with Crippen LogP contribution in [0.5, 0.6) is 0 Å². The molecule has 0 N–H and O–H groups in total. The minimum Gasteiger partial charge on any atom is -0.444 e. The van der Waals surface area contributed by atoms with Gasteiger partial charge in [0.2, 0.25) is 0 Å². The van der Waals surface area contributed by atoms with Gasteiger partial charge in [-0.25, -0.2) is 18.7 Å². The Balaban J connectivity index is 1.18. The first-order valence-corrected chi connectivity index (χ1v) is 15.4. The molecule has 0 bridgehead atoms. The number of benzene rings is 1. The van der Waals surface area contributed by atoms with E-state index in [2.05, 4.69) is 34.9 Å². The van der Waals surface area contributed by atoms with Gasteiger partial charge < -0.3 is 19.4 Å². The van der Waals surface area contributed by atoms with E-state index in [-0.39, 0.29) is 17.3 Å². The van der Waals surface area contributed by atoms with Gasteiger partial charge in [0.1, 0.15) is 28.1 Å². The number of aromatic nitrogens is 3. The van der Waals surface area contributed by atoms with E-state index in [9.17, 15) is 14.4 Å². The monoisotopic (exact) mass is 599 g/mol. The number of aryl methyl sites for hydroxylation is 1. The van der Waals surface area contributed by atoms with Gasteiger partial charge in [0.25, 0.3) is 0 Å². The van der Waals surface area contributed by atoms with E-state index < -0.39 is 5.60 Å². The van der Waals surface area contributed by atoms with Crippen LogP contribution < -0.4 is 9.80 Å². The van der Waals surface area contributed by atoms with E-state index in [1.54, 1.807) is 17.0 Å². The molecule has 0 unspecified atom stereocenters. The van der Waals surface area contributed by atoms with Gasteiger partial charge in [-0.2, -0.15) is 10.4 Å². The van der Waals surface area contributed by atoms with Crippen molar-refractivity contribution in [2.24, 2.45) is 5.41 Å². The summed E-state index contributed by atoms with van der Waals surface area (Å²) in [4.78, 5) is 24.0. The van der Waals surface area contributed by atoms with E-state index in [1.165, 1.54) is 23.5 Å². The fourth-order valence-corrected chi connectivity index (χ4v) is 7.10. The maximum absolute atomic E-state index is 13.6. The number of pyridine rings is 1. The lowest BCUT2D eigenvalue weighted by Gasteiger charge is -2.60. The van der Waals surface area contributed by atoms with Crippen molar-refractivity contribution in [1.82, 2.24) is 19.5 Å². The number of thiazole rings is 1. The molecule has 4 aromatic rings. The largest absolute Gasteiger partial charge is 0.444 e. The molecule has 1 saturated carbocycles. The number of rotatable bonds is 5. The third kappa shape index (κ3) is 4.87. The molecule has 3 aliphatic rings. The van der Waals surface area contributed by atoms with Gasteiger partial charge in [0.05, 0.1) is 16.9 Å². The Morgan fingerprint density at radius 3 is 2.49 bits per heavy atom.